The molecule has 2 nitrogen and oxygen atoms in total. The first kappa shape index (κ1) is 12.6. The number of aryl methyl sites for hydroxylation is 1. The predicted molar refractivity (Wildman–Crippen MR) is 60.6 cm³/mol. The highest BCUT2D eigenvalue weighted by Crippen LogP contribution is 2.07. The van der Waals surface area contributed by atoms with Crippen LogP contribution in [0.5, 0.6) is 0 Å². The highest BCUT2D eigenvalue weighted by Gasteiger charge is 2.06. The molecule has 0 saturated heterocycles. The van der Waals surface area contributed by atoms with Crippen LogP contribution in [0.25, 0.3) is 0 Å². The summed E-state index contributed by atoms with van der Waals surface area (Å²) in [4.78, 5) is 10.3. The molecule has 1 aromatic rings. The zero-order valence-corrected chi connectivity index (χ0v) is 9.19. The minimum atomic E-state index is -1.49. The summed E-state index contributed by atoms with van der Waals surface area (Å²) in [6, 6.07) is 8.21. The van der Waals surface area contributed by atoms with Crippen molar-refractivity contribution >= 4 is 6.04 Å². The molecule has 1 N–H and O–H groups in total. The number of carbonyl (C=O) groups is 1. The molecule has 0 bridgehead atoms. The number of halogens is 1. The predicted octanol–water partition coefficient (Wildman–Crippen LogP) is 2.42. The fraction of sp³-hybridized carbons (Fsp3) is 0.308. The molecule has 3 heteroatoms. The van der Waals surface area contributed by atoms with Crippen molar-refractivity contribution in [1.82, 2.24) is 0 Å². The normalized spacial score (nSPS) is 13.6. The molecular weight excluding hydrogens is 207 g/mol. The Bertz CT molecular complexity index is 371. The van der Waals surface area contributed by atoms with Gasteiger partial charge in [-0.3, -0.25) is 4.79 Å². The average molecular weight is 222 g/mol. The summed E-state index contributed by atoms with van der Waals surface area (Å²) >= 11 is 0. The molecule has 0 fully saturated rings. The second-order valence-electron chi connectivity index (χ2n) is 3.72. The molecule has 0 amide bonds. The third-order valence-corrected chi connectivity index (χ3v) is 2.32. The van der Waals surface area contributed by atoms with Gasteiger partial charge in [0.05, 0.1) is 6.10 Å². The maximum Gasteiger partial charge on any atom is 0.327 e. The largest absolute Gasteiger partial charge is 0.389 e. The molecule has 0 aliphatic heterocycles. The molecule has 86 valence electrons. The van der Waals surface area contributed by atoms with Crippen molar-refractivity contribution in [2.24, 2.45) is 0 Å². The first-order valence-corrected chi connectivity index (χ1v) is 5.20. The van der Waals surface area contributed by atoms with Crippen molar-refractivity contribution in [3.63, 3.8) is 0 Å². The van der Waals surface area contributed by atoms with Gasteiger partial charge in [-0.2, -0.15) is 4.39 Å². The molecule has 0 radical (unpaired) electrons. The first-order valence-electron chi connectivity index (χ1n) is 5.20. The molecule has 0 saturated carbocycles. The van der Waals surface area contributed by atoms with E-state index in [2.05, 4.69) is 0 Å². The Balaban J connectivity index is 2.45. The zero-order valence-electron chi connectivity index (χ0n) is 9.19. The molecule has 0 aliphatic carbocycles. The van der Waals surface area contributed by atoms with E-state index in [1.165, 1.54) is 13.0 Å². The van der Waals surface area contributed by atoms with E-state index >= 15 is 0 Å². The van der Waals surface area contributed by atoms with Gasteiger partial charge in [-0.1, -0.05) is 30.3 Å². The van der Waals surface area contributed by atoms with Crippen LogP contribution < -0.4 is 0 Å². The zero-order chi connectivity index (χ0) is 12.0. The quantitative estimate of drug-likeness (QED) is 0.613. The first-order chi connectivity index (χ1) is 7.59. The molecule has 0 spiro atoms. The Hall–Kier alpha value is -1.48. The lowest BCUT2D eigenvalue weighted by molar-refractivity contribution is -0.125. The van der Waals surface area contributed by atoms with Crippen LogP contribution in [0.15, 0.2) is 42.0 Å². The van der Waals surface area contributed by atoms with Crippen molar-refractivity contribution in [3.8, 4) is 0 Å². The van der Waals surface area contributed by atoms with Crippen LogP contribution in [0.1, 0.15) is 18.9 Å². The third-order valence-electron chi connectivity index (χ3n) is 2.32. The van der Waals surface area contributed by atoms with E-state index in [1.807, 2.05) is 30.3 Å². The average Bonchev–Trinajstić information content (AvgIpc) is 2.27. The number of aliphatic hydroxyl groups is 1. The fourth-order valence-electron chi connectivity index (χ4n) is 1.40. The van der Waals surface area contributed by atoms with Gasteiger partial charge in [0, 0.05) is 5.57 Å². The minimum Gasteiger partial charge on any atom is -0.389 e. The number of hydrogen-bond acceptors (Lipinski definition) is 2. The van der Waals surface area contributed by atoms with Gasteiger partial charge in [-0.05, 0) is 31.4 Å². The maximum atomic E-state index is 12.2. The van der Waals surface area contributed by atoms with Crippen LogP contribution in [0, 0.1) is 0 Å². The third kappa shape index (κ3) is 4.36. The Kier molecular flexibility index (Phi) is 4.86. The van der Waals surface area contributed by atoms with Crippen molar-refractivity contribution in [3.05, 3.63) is 47.5 Å². The monoisotopic (exact) mass is 222 g/mol. The topological polar surface area (TPSA) is 37.3 Å². The van der Waals surface area contributed by atoms with Crippen LogP contribution in [-0.4, -0.2) is 17.2 Å². The molecule has 0 aliphatic rings. The summed E-state index contributed by atoms with van der Waals surface area (Å²) in [5, 5.41) is 9.53. The maximum absolute atomic E-state index is 12.2. The van der Waals surface area contributed by atoms with Gasteiger partial charge < -0.3 is 5.11 Å². The lowest BCUT2D eigenvalue weighted by Gasteiger charge is -2.06. The second kappa shape index (κ2) is 6.18. The number of allylic oxidation sites excluding steroid dienone is 1. The highest BCUT2D eigenvalue weighted by atomic mass is 19.1. The number of benzene rings is 1. The molecule has 1 aromatic carbocycles. The second-order valence-corrected chi connectivity index (χ2v) is 3.72. The molecule has 0 heterocycles. The van der Waals surface area contributed by atoms with Crippen molar-refractivity contribution in [2.45, 2.75) is 25.9 Å². The van der Waals surface area contributed by atoms with Crippen LogP contribution in [0.3, 0.4) is 0 Å². The standard InChI is InChI=1S/C13H15FO2/c1-10(13(14)16)9-12(15)8-7-11-5-3-2-4-6-11/h2-6,9,12,15H,7-8H2,1H3/b10-9+. The van der Waals surface area contributed by atoms with Crippen LogP contribution in [0.2, 0.25) is 0 Å². The van der Waals surface area contributed by atoms with Crippen LogP contribution in [0.4, 0.5) is 4.39 Å². The van der Waals surface area contributed by atoms with E-state index in [4.69, 9.17) is 0 Å². The number of aliphatic hydroxyl groups excluding tert-OH is 1. The number of carbonyl (C=O) groups excluding carboxylic acids is 1. The Labute approximate surface area is 94.4 Å². The number of rotatable bonds is 5. The molecular formula is C13H15FO2. The van der Waals surface area contributed by atoms with E-state index in [9.17, 15) is 14.3 Å². The number of hydrogen-bond donors (Lipinski definition) is 1. The lowest BCUT2D eigenvalue weighted by Crippen LogP contribution is -2.06. The van der Waals surface area contributed by atoms with E-state index in [1.54, 1.807) is 0 Å². The molecule has 1 rings (SSSR count). The summed E-state index contributed by atoms with van der Waals surface area (Å²) < 4.78 is 12.2. The van der Waals surface area contributed by atoms with E-state index in [-0.39, 0.29) is 5.57 Å². The Morgan fingerprint density at radius 1 is 1.44 bits per heavy atom. The van der Waals surface area contributed by atoms with Gasteiger partial charge in [0.15, 0.2) is 0 Å². The van der Waals surface area contributed by atoms with Crippen LogP contribution >= 0.6 is 0 Å². The highest BCUT2D eigenvalue weighted by molar-refractivity contribution is 5.86. The Morgan fingerprint density at radius 2 is 2.06 bits per heavy atom. The van der Waals surface area contributed by atoms with E-state index in [0.29, 0.717) is 12.8 Å². The summed E-state index contributed by atoms with van der Waals surface area (Å²) in [7, 11) is 0. The van der Waals surface area contributed by atoms with Gasteiger partial charge in [0.1, 0.15) is 0 Å². The molecule has 16 heavy (non-hydrogen) atoms. The van der Waals surface area contributed by atoms with E-state index < -0.39 is 12.1 Å². The summed E-state index contributed by atoms with van der Waals surface area (Å²) in [5.41, 5.74) is 1.07. The molecule has 0 aromatic heterocycles. The van der Waals surface area contributed by atoms with Gasteiger partial charge in [-0.15, -0.1) is 0 Å². The van der Waals surface area contributed by atoms with E-state index in [0.717, 1.165) is 5.56 Å². The smallest absolute Gasteiger partial charge is 0.327 e. The van der Waals surface area contributed by atoms with Crippen molar-refractivity contribution in [2.75, 3.05) is 0 Å². The van der Waals surface area contributed by atoms with Gasteiger partial charge >= 0.3 is 6.04 Å². The van der Waals surface area contributed by atoms with Gasteiger partial charge in [0.25, 0.3) is 0 Å². The lowest BCUT2D eigenvalue weighted by atomic mass is 10.1. The van der Waals surface area contributed by atoms with Crippen molar-refractivity contribution in [1.29, 1.82) is 0 Å². The van der Waals surface area contributed by atoms with Gasteiger partial charge in [0.2, 0.25) is 0 Å². The molecule has 1 atom stereocenters. The van der Waals surface area contributed by atoms with Crippen molar-refractivity contribution < 1.29 is 14.3 Å². The molecule has 1 unspecified atom stereocenters. The van der Waals surface area contributed by atoms with Gasteiger partial charge in [-0.25, -0.2) is 0 Å². The fourth-order valence-corrected chi connectivity index (χ4v) is 1.40. The minimum absolute atomic E-state index is 0.0411. The summed E-state index contributed by atoms with van der Waals surface area (Å²) in [6.45, 7) is 1.36. The SMILES string of the molecule is C/C(=C\C(O)CCc1ccccc1)C(=O)F. The van der Waals surface area contributed by atoms with Crippen LogP contribution in [-0.2, 0) is 11.2 Å². The summed E-state index contributed by atoms with van der Waals surface area (Å²) in [5.74, 6) is 0. The Morgan fingerprint density at radius 3 is 2.62 bits per heavy atom. The summed E-state index contributed by atoms with van der Waals surface area (Å²) in [6.07, 6.45) is 1.66.